The number of carbonyl (C=O) groups excluding carboxylic acids is 1. The molecule has 1 heterocycles. The third kappa shape index (κ3) is 2.60. The summed E-state index contributed by atoms with van der Waals surface area (Å²) in [6.07, 6.45) is 6.80. The van der Waals surface area contributed by atoms with Crippen LogP contribution in [0.15, 0.2) is 30.3 Å². The van der Waals surface area contributed by atoms with Crippen molar-refractivity contribution in [2.45, 2.75) is 50.6 Å². The molecular formula is C16H21NO2. The number of cyclic esters (lactones) is 1. The van der Waals surface area contributed by atoms with Gasteiger partial charge >= 0.3 is 6.09 Å². The standard InChI is InChI=1S/C16H21NO2/c18-16-17(14-9-5-2-6-10-14)15(11-12-19-16)13-7-3-1-4-8-13/h1,3-4,7-8,14-15H,2,5-6,9-12H2. The zero-order chi connectivity index (χ0) is 13.1. The van der Waals surface area contributed by atoms with Gasteiger partial charge in [0.05, 0.1) is 12.6 Å². The zero-order valence-electron chi connectivity index (χ0n) is 11.3. The number of rotatable bonds is 2. The Morgan fingerprint density at radius 3 is 2.47 bits per heavy atom. The Kier molecular flexibility index (Phi) is 3.72. The Bertz CT molecular complexity index is 426. The van der Waals surface area contributed by atoms with Crippen LogP contribution in [-0.2, 0) is 4.74 Å². The second-order valence-electron chi connectivity index (χ2n) is 5.53. The summed E-state index contributed by atoms with van der Waals surface area (Å²) >= 11 is 0. The minimum absolute atomic E-state index is 0.119. The Labute approximate surface area is 114 Å². The highest BCUT2D eigenvalue weighted by Gasteiger charge is 2.36. The molecule has 102 valence electrons. The first-order valence-corrected chi connectivity index (χ1v) is 7.36. The highest BCUT2D eigenvalue weighted by Crippen LogP contribution is 2.35. The van der Waals surface area contributed by atoms with E-state index in [1.807, 2.05) is 23.1 Å². The van der Waals surface area contributed by atoms with Gasteiger partial charge in [0, 0.05) is 12.5 Å². The number of amides is 1. The molecule has 2 fully saturated rings. The van der Waals surface area contributed by atoms with Gasteiger partial charge in [0.25, 0.3) is 0 Å². The van der Waals surface area contributed by atoms with Crippen LogP contribution in [0.3, 0.4) is 0 Å². The maximum atomic E-state index is 12.2. The molecule has 0 aromatic heterocycles. The minimum Gasteiger partial charge on any atom is -0.449 e. The van der Waals surface area contributed by atoms with Crippen molar-refractivity contribution in [1.29, 1.82) is 0 Å². The fourth-order valence-corrected chi connectivity index (χ4v) is 3.36. The molecule has 1 amide bonds. The van der Waals surface area contributed by atoms with Gasteiger partial charge in [-0.25, -0.2) is 4.79 Å². The third-order valence-corrected chi connectivity index (χ3v) is 4.32. The number of nitrogens with zero attached hydrogens (tertiary/aromatic N) is 1. The van der Waals surface area contributed by atoms with Gasteiger partial charge < -0.3 is 4.74 Å². The zero-order valence-corrected chi connectivity index (χ0v) is 11.3. The summed E-state index contributed by atoms with van der Waals surface area (Å²) in [6.45, 7) is 0.543. The molecule has 0 spiro atoms. The van der Waals surface area contributed by atoms with Crippen molar-refractivity contribution in [3.05, 3.63) is 35.9 Å². The van der Waals surface area contributed by atoms with E-state index in [0.717, 1.165) is 19.3 Å². The predicted octanol–water partition coefficient (Wildman–Crippen LogP) is 3.90. The van der Waals surface area contributed by atoms with Crippen molar-refractivity contribution in [2.24, 2.45) is 0 Å². The van der Waals surface area contributed by atoms with E-state index < -0.39 is 0 Å². The SMILES string of the molecule is O=C1OCCC(c2ccccc2)N1C1CCCCC1. The topological polar surface area (TPSA) is 29.5 Å². The highest BCUT2D eigenvalue weighted by molar-refractivity contribution is 5.69. The van der Waals surface area contributed by atoms with Crippen molar-refractivity contribution in [2.75, 3.05) is 6.61 Å². The van der Waals surface area contributed by atoms with E-state index in [9.17, 15) is 4.79 Å². The molecule has 1 aliphatic carbocycles. The number of hydrogen-bond acceptors (Lipinski definition) is 2. The molecular weight excluding hydrogens is 238 g/mol. The van der Waals surface area contributed by atoms with Crippen LogP contribution in [-0.4, -0.2) is 23.6 Å². The van der Waals surface area contributed by atoms with E-state index in [1.54, 1.807) is 0 Å². The second kappa shape index (κ2) is 5.64. The van der Waals surface area contributed by atoms with Gasteiger partial charge in [0.2, 0.25) is 0 Å². The summed E-state index contributed by atoms with van der Waals surface area (Å²) in [4.78, 5) is 14.2. The van der Waals surface area contributed by atoms with Crippen LogP contribution < -0.4 is 0 Å². The van der Waals surface area contributed by atoms with Gasteiger partial charge in [-0.15, -0.1) is 0 Å². The average Bonchev–Trinajstić information content (AvgIpc) is 2.49. The fourth-order valence-electron chi connectivity index (χ4n) is 3.36. The quantitative estimate of drug-likeness (QED) is 0.806. The molecule has 1 aromatic carbocycles. The smallest absolute Gasteiger partial charge is 0.410 e. The number of hydrogen-bond donors (Lipinski definition) is 0. The maximum absolute atomic E-state index is 12.2. The summed E-state index contributed by atoms with van der Waals surface area (Å²) in [7, 11) is 0. The second-order valence-corrected chi connectivity index (χ2v) is 5.53. The summed E-state index contributed by atoms with van der Waals surface area (Å²) in [6, 6.07) is 10.9. The molecule has 3 nitrogen and oxygen atoms in total. The molecule has 1 saturated heterocycles. The Hall–Kier alpha value is -1.51. The number of ether oxygens (including phenoxy) is 1. The van der Waals surface area contributed by atoms with Crippen LogP contribution in [0.25, 0.3) is 0 Å². The Morgan fingerprint density at radius 1 is 1.00 bits per heavy atom. The molecule has 1 aliphatic heterocycles. The molecule has 2 aliphatic rings. The van der Waals surface area contributed by atoms with Crippen molar-refractivity contribution >= 4 is 6.09 Å². The monoisotopic (exact) mass is 259 g/mol. The lowest BCUT2D eigenvalue weighted by Crippen LogP contribution is -2.47. The molecule has 0 N–H and O–H groups in total. The third-order valence-electron chi connectivity index (χ3n) is 4.32. The lowest BCUT2D eigenvalue weighted by atomic mass is 9.91. The lowest BCUT2D eigenvalue weighted by molar-refractivity contribution is 0.0149. The molecule has 1 saturated carbocycles. The average molecular weight is 259 g/mol. The van der Waals surface area contributed by atoms with Crippen LogP contribution in [0.1, 0.15) is 50.1 Å². The molecule has 3 rings (SSSR count). The van der Waals surface area contributed by atoms with Crippen LogP contribution in [0, 0.1) is 0 Å². The lowest BCUT2D eigenvalue weighted by Gasteiger charge is -2.42. The largest absolute Gasteiger partial charge is 0.449 e. The molecule has 1 atom stereocenters. The number of benzene rings is 1. The summed E-state index contributed by atoms with van der Waals surface area (Å²) in [5, 5.41) is 0. The van der Waals surface area contributed by atoms with Crippen LogP contribution in [0.5, 0.6) is 0 Å². The maximum Gasteiger partial charge on any atom is 0.410 e. The van der Waals surface area contributed by atoms with E-state index in [2.05, 4.69) is 12.1 Å². The molecule has 19 heavy (non-hydrogen) atoms. The summed E-state index contributed by atoms with van der Waals surface area (Å²) in [5.41, 5.74) is 1.24. The number of carbonyl (C=O) groups is 1. The van der Waals surface area contributed by atoms with Crippen molar-refractivity contribution in [3.63, 3.8) is 0 Å². The normalized spacial score (nSPS) is 25.2. The Morgan fingerprint density at radius 2 is 1.74 bits per heavy atom. The minimum atomic E-state index is -0.119. The van der Waals surface area contributed by atoms with E-state index >= 15 is 0 Å². The molecule has 1 aromatic rings. The van der Waals surface area contributed by atoms with Gasteiger partial charge in [-0.05, 0) is 18.4 Å². The van der Waals surface area contributed by atoms with Crippen LogP contribution in [0.2, 0.25) is 0 Å². The van der Waals surface area contributed by atoms with E-state index in [-0.39, 0.29) is 12.1 Å². The first kappa shape index (κ1) is 12.5. The van der Waals surface area contributed by atoms with Gasteiger partial charge in [-0.3, -0.25) is 4.90 Å². The van der Waals surface area contributed by atoms with Gasteiger partial charge in [-0.1, -0.05) is 49.6 Å². The van der Waals surface area contributed by atoms with Crippen molar-refractivity contribution in [1.82, 2.24) is 4.90 Å². The molecule has 3 heteroatoms. The molecule has 0 bridgehead atoms. The fraction of sp³-hybridized carbons (Fsp3) is 0.562. The van der Waals surface area contributed by atoms with E-state index in [4.69, 9.17) is 4.74 Å². The first-order valence-electron chi connectivity index (χ1n) is 7.36. The first-order chi connectivity index (χ1) is 9.36. The van der Waals surface area contributed by atoms with Crippen molar-refractivity contribution < 1.29 is 9.53 Å². The molecule has 1 unspecified atom stereocenters. The van der Waals surface area contributed by atoms with Gasteiger partial charge in [0.1, 0.15) is 0 Å². The molecule has 0 radical (unpaired) electrons. The Balaban J connectivity index is 1.85. The predicted molar refractivity (Wildman–Crippen MR) is 73.9 cm³/mol. The van der Waals surface area contributed by atoms with E-state index in [1.165, 1.54) is 24.8 Å². The van der Waals surface area contributed by atoms with Gasteiger partial charge in [-0.2, -0.15) is 0 Å². The highest BCUT2D eigenvalue weighted by atomic mass is 16.6. The van der Waals surface area contributed by atoms with Crippen molar-refractivity contribution in [3.8, 4) is 0 Å². The van der Waals surface area contributed by atoms with E-state index in [0.29, 0.717) is 12.6 Å². The van der Waals surface area contributed by atoms with Gasteiger partial charge in [0.15, 0.2) is 0 Å². The summed E-state index contributed by atoms with van der Waals surface area (Å²) in [5.74, 6) is 0. The van der Waals surface area contributed by atoms with Crippen LogP contribution in [0.4, 0.5) is 4.79 Å². The van der Waals surface area contributed by atoms with Crippen LogP contribution >= 0.6 is 0 Å². The summed E-state index contributed by atoms with van der Waals surface area (Å²) < 4.78 is 5.28.